The smallest absolute Gasteiger partial charge is 0.311 e. The molecule has 0 aliphatic carbocycles. The van der Waals surface area contributed by atoms with Gasteiger partial charge in [-0.2, -0.15) is 0 Å². The summed E-state index contributed by atoms with van der Waals surface area (Å²) in [4.78, 5) is 11.7. The van der Waals surface area contributed by atoms with Gasteiger partial charge >= 0.3 is 5.97 Å². The van der Waals surface area contributed by atoms with E-state index in [4.69, 9.17) is 4.74 Å². The molecule has 0 atom stereocenters. The van der Waals surface area contributed by atoms with Crippen LogP contribution in [0.15, 0.2) is 18.2 Å². The molecule has 0 amide bonds. The van der Waals surface area contributed by atoms with Crippen molar-refractivity contribution in [3.05, 3.63) is 18.2 Å². The summed E-state index contributed by atoms with van der Waals surface area (Å²) in [5.41, 5.74) is 0. The molecule has 0 saturated carbocycles. The first-order valence-electron chi connectivity index (χ1n) is 8.36. The molecule has 0 saturated heterocycles. The molecular weight excluding hydrogens is 280 g/mol. The first kappa shape index (κ1) is 18.3. The maximum atomic E-state index is 11.7. The number of hydrogen-bond donors (Lipinski definition) is 2. The number of rotatable bonds is 11. The standard InChI is InChI=1S/C18H28O4/c1-2-3-4-5-6-7-8-9-10-14-17(20)22-16-13-11-12-15(19)18(16)21/h11-13,19,21H,2-10,14H2,1H3. The highest BCUT2D eigenvalue weighted by Crippen LogP contribution is 2.34. The van der Waals surface area contributed by atoms with Crippen LogP contribution in [-0.4, -0.2) is 16.2 Å². The van der Waals surface area contributed by atoms with E-state index >= 15 is 0 Å². The van der Waals surface area contributed by atoms with E-state index in [-0.39, 0.29) is 23.2 Å². The fourth-order valence-corrected chi connectivity index (χ4v) is 2.35. The molecular formula is C18H28O4. The Kier molecular flexibility index (Phi) is 9.12. The highest BCUT2D eigenvalue weighted by atomic mass is 16.5. The monoisotopic (exact) mass is 308 g/mol. The molecule has 22 heavy (non-hydrogen) atoms. The van der Waals surface area contributed by atoms with E-state index in [1.54, 1.807) is 0 Å². The van der Waals surface area contributed by atoms with Gasteiger partial charge in [-0.3, -0.25) is 4.79 Å². The van der Waals surface area contributed by atoms with Crippen LogP contribution in [0.25, 0.3) is 0 Å². The third-order valence-electron chi connectivity index (χ3n) is 3.69. The lowest BCUT2D eigenvalue weighted by molar-refractivity contribution is -0.134. The average Bonchev–Trinajstić information content (AvgIpc) is 2.50. The number of phenolic OH excluding ortho intramolecular Hbond substituents is 2. The van der Waals surface area contributed by atoms with Crippen molar-refractivity contribution in [1.29, 1.82) is 0 Å². The molecule has 0 radical (unpaired) electrons. The Hall–Kier alpha value is -1.71. The lowest BCUT2D eigenvalue weighted by Crippen LogP contribution is -2.07. The normalized spacial score (nSPS) is 10.6. The van der Waals surface area contributed by atoms with Crippen LogP contribution >= 0.6 is 0 Å². The molecule has 4 nitrogen and oxygen atoms in total. The number of carbonyl (C=O) groups is 1. The molecule has 124 valence electrons. The van der Waals surface area contributed by atoms with Gasteiger partial charge in [-0.1, -0.05) is 64.4 Å². The molecule has 0 aliphatic heterocycles. The molecule has 1 rings (SSSR count). The van der Waals surface area contributed by atoms with Crippen LogP contribution in [0.2, 0.25) is 0 Å². The van der Waals surface area contributed by atoms with Gasteiger partial charge < -0.3 is 14.9 Å². The number of hydrogen-bond acceptors (Lipinski definition) is 4. The number of carbonyl (C=O) groups excluding carboxylic acids is 1. The van der Waals surface area contributed by atoms with Crippen LogP contribution in [0, 0.1) is 0 Å². The summed E-state index contributed by atoms with van der Waals surface area (Å²) in [6.07, 6.45) is 11.1. The van der Waals surface area contributed by atoms with Gasteiger partial charge in [-0.15, -0.1) is 0 Å². The number of unbranched alkanes of at least 4 members (excludes halogenated alkanes) is 8. The lowest BCUT2D eigenvalue weighted by Gasteiger charge is -2.07. The molecule has 0 aromatic heterocycles. The Morgan fingerprint density at radius 1 is 0.955 bits per heavy atom. The minimum absolute atomic E-state index is 0.0147. The number of para-hydroxylation sites is 1. The molecule has 0 heterocycles. The maximum absolute atomic E-state index is 11.7. The van der Waals surface area contributed by atoms with Gasteiger partial charge in [0.15, 0.2) is 11.5 Å². The number of esters is 1. The Bertz CT molecular complexity index is 443. The SMILES string of the molecule is CCCCCCCCCCCC(=O)Oc1cccc(O)c1O. The third-order valence-corrected chi connectivity index (χ3v) is 3.69. The highest BCUT2D eigenvalue weighted by Gasteiger charge is 2.11. The Balaban J connectivity index is 2.08. The average molecular weight is 308 g/mol. The summed E-state index contributed by atoms with van der Waals surface area (Å²) < 4.78 is 5.05. The van der Waals surface area contributed by atoms with Gasteiger partial charge in [0, 0.05) is 6.42 Å². The largest absolute Gasteiger partial charge is 0.504 e. The number of aromatic hydroxyl groups is 2. The van der Waals surface area contributed by atoms with Crippen LogP contribution < -0.4 is 4.74 Å². The van der Waals surface area contributed by atoms with Gasteiger partial charge in [0.1, 0.15) is 0 Å². The molecule has 0 bridgehead atoms. The maximum Gasteiger partial charge on any atom is 0.311 e. The van der Waals surface area contributed by atoms with Gasteiger partial charge in [-0.25, -0.2) is 0 Å². The van der Waals surface area contributed by atoms with Crippen molar-refractivity contribution in [3.63, 3.8) is 0 Å². The van der Waals surface area contributed by atoms with Gasteiger partial charge in [-0.05, 0) is 18.6 Å². The number of ether oxygens (including phenoxy) is 1. The summed E-state index contributed by atoms with van der Waals surface area (Å²) in [5, 5.41) is 18.9. The second kappa shape index (κ2) is 10.9. The molecule has 1 aromatic rings. The van der Waals surface area contributed by atoms with Gasteiger partial charge in [0.25, 0.3) is 0 Å². The third kappa shape index (κ3) is 7.34. The summed E-state index contributed by atoms with van der Waals surface area (Å²) in [6.45, 7) is 2.22. The first-order chi connectivity index (χ1) is 10.6. The zero-order valence-electron chi connectivity index (χ0n) is 13.5. The van der Waals surface area contributed by atoms with Crippen molar-refractivity contribution >= 4 is 5.97 Å². The van der Waals surface area contributed by atoms with E-state index < -0.39 is 0 Å². The van der Waals surface area contributed by atoms with Crippen molar-refractivity contribution in [2.45, 2.75) is 71.1 Å². The molecule has 0 spiro atoms. The number of benzene rings is 1. The fraction of sp³-hybridized carbons (Fsp3) is 0.611. The topological polar surface area (TPSA) is 66.8 Å². The van der Waals surface area contributed by atoms with Crippen LogP contribution in [0.4, 0.5) is 0 Å². The Labute approximate surface area is 133 Å². The van der Waals surface area contributed by atoms with Crippen molar-refractivity contribution in [1.82, 2.24) is 0 Å². The first-order valence-corrected chi connectivity index (χ1v) is 8.36. The van der Waals surface area contributed by atoms with Crippen LogP contribution in [0.3, 0.4) is 0 Å². The van der Waals surface area contributed by atoms with Crippen molar-refractivity contribution in [2.75, 3.05) is 0 Å². The van der Waals surface area contributed by atoms with E-state index in [1.165, 1.54) is 56.7 Å². The van der Waals surface area contributed by atoms with Crippen molar-refractivity contribution in [3.8, 4) is 17.2 Å². The van der Waals surface area contributed by atoms with E-state index in [9.17, 15) is 15.0 Å². The zero-order valence-corrected chi connectivity index (χ0v) is 13.5. The summed E-state index contributed by atoms with van der Waals surface area (Å²) in [7, 11) is 0. The molecule has 4 heteroatoms. The molecule has 1 aromatic carbocycles. The quantitative estimate of drug-likeness (QED) is 0.263. The second-order valence-corrected chi connectivity index (χ2v) is 5.68. The predicted octanol–water partition coefficient (Wildman–Crippen LogP) is 4.92. The molecule has 2 N–H and O–H groups in total. The van der Waals surface area contributed by atoms with Crippen molar-refractivity contribution < 1.29 is 19.7 Å². The van der Waals surface area contributed by atoms with Crippen LogP contribution in [0.5, 0.6) is 17.2 Å². The summed E-state index contributed by atoms with van der Waals surface area (Å²) >= 11 is 0. The lowest BCUT2D eigenvalue weighted by atomic mass is 10.1. The highest BCUT2D eigenvalue weighted by molar-refractivity contribution is 5.73. The Morgan fingerprint density at radius 2 is 1.55 bits per heavy atom. The molecule has 0 fully saturated rings. The molecule has 0 unspecified atom stereocenters. The van der Waals surface area contributed by atoms with E-state index in [1.807, 2.05) is 0 Å². The fourth-order valence-electron chi connectivity index (χ4n) is 2.35. The Morgan fingerprint density at radius 3 is 2.18 bits per heavy atom. The summed E-state index contributed by atoms with van der Waals surface area (Å²) in [5.74, 6) is -1.03. The van der Waals surface area contributed by atoms with Crippen LogP contribution in [-0.2, 0) is 4.79 Å². The second-order valence-electron chi connectivity index (χ2n) is 5.68. The van der Waals surface area contributed by atoms with E-state index in [2.05, 4.69) is 6.92 Å². The minimum atomic E-state index is -0.386. The van der Waals surface area contributed by atoms with E-state index in [0.29, 0.717) is 6.42 Å². The van der Waals surface area contributed by atoms with E-state index in [0.717, 1.165) is 19.3 Å². The number of phenols is 2. The van der Waals surface area contributed by atoms with Crippen molar-refractivity contribution in [2.24, 2.45) is 0 Å². The predicted molar refractivity (Wildman–Crippen MR) is 87.3 cm³/mol. The molecule has 0 aliphatic rings. The van der Waals surface area contributed by atoms with Gasteiger partial charge in [0.05, 0.1) is 0 Å². The minimum Gasteiger partial charge on any atom is -0.504 e. The summed E-state index contributed by atoms with van der Waals surface area (Å²) in [6, 6.07) is 4.33. The van der Waals surface area contributed by atoms with Crippen LogP contribution in [0.1, 0.15) is 71.1 Å². The zero-order chi connectivity index (χ0) is 16.2. The van der Waals surface area contributed by atoms with Gasteiger partial charge in [0.2, 0.25) is 5.75 Å².